The van der Waals surface area contributed by atoms with Crippen LogP contribution >= 0.6 is 0 Å². The van der Waals surface area contributed by atoms with E-state index in [2.05, 4.69) is 28.7 Å². The Bertz CT molecular complexity index is 1160. The van der Waals surface area contributed by atoms with Gasteiger partial charge in [-0.05, 0) is 18.2 Å². The normalized spacial score (nSPS) is 16.0. The zero-order valence-electron chi connectivity index (χ0n) is 18.4. The molecule has 10 heteroatoms. The fourth-order valence-electron chi connectivity index (χ4n) is 3.65. The number of likely N-dealkylation sites (tertiary alicyclic amines) is 1. The van der Waals surface area contributed by atoms with Gasteiger partial charge in [0.2, 0.25) is 0 Å². The van der Waals surface area contributed by atoms with Crippen molar-refractivity contribution < 1.29 is 8.78 Å². The number of nitrogen functional groups attached to an aromatic ring is 1. The maximum absolute atomic E-state index is 14.8. The number of nitrogens with two attached hydrogens (primary N) is 2. The van der Waals surface area contributed by atoms with E-state index in [1.54, 1.807) is 42.3 Å². The van der Waals surface area contributed by atoms with Gasteiger partial charge in [0.15, 0.2) is 5.67 Å². The number of aryl methyl sites for hydroxylation is 1. The van der Waals surface area contributed by atoms with Gasteiger partial charge in [0.1, 0.15) is 11.9 Å². The van der Waals surface area contributed by atoms with Crippen molar-refractivity contribution in [1.29, 1.82) is 5.26 Å². The van der Waals surface area contributed by atoms with Gasteiger partial charge in [-0.25, -0.2) is 13.8 Å². The molecule has 0 unspecified atom stereocenters. The van der Waals surface area contributed by atoms with Gasteiger partial charge in [0, 0.05) is 67.1 Å². The first-order valence-corrected chi connectivity index (χ1v) is 10.2. The molecule has 5 N–H and O–H groups in total. The third-order valence-corrected chi connectivity index (χ3v) is 5.59. The minimum Gasteiger partial charge on any atom is -0.390 e. The summed E-state index contributed by atoms with van der Waals surface area (Å²) in [7, 11) is 1.74. The Morgan fingerprint density at radius 3 is 2.61 bits per heavy atom. The minimum atomic E-state index is -1.82. The van der Waals surface area contributed by atoms with Crippen LogP contribution in [0, 0.1) is 17.1 Å². The summed E-state index contributed by atoms with van der Waals surface area (Å²) in [6.07, 6.45) is 6.20. The molecule has 1 aliphatic heterocycles. The van der Waals surface area contributed by atoms with Crippen LogP contribution in [0.5, 0.6) is 0 Å². The van der Waals surface area contributed by atoms with Gasteiger partial charge in [0.25, 0.3) is 0 Å². The molecular weight excluding hydrogens is 426 g/mol. The summed E-state index contributed by atoms with van der Waals surface area (Å²) in [5, 5.41) is 13.1. The third kappa shape index (κ3) is 5.10. The number of halogens is 2. The fraction of sp³-hybridized carbons (Fsp3) is 0.261. The lowest BCUT2D eigenvalue weighted by Crippen LogP contribution is -2.39. The molecule has 0 atom stereocenters. The number of aromatic nitrogens is 2. The second-order valence-electron chi connectivity index (χ2n) is 7.77. The van der Waals surface area contributed by atoms with Crippen LogP contribution in [-0.2, 0) is 7.05 Å². The second kappa shape index (κ2) is 9.67. The molecule has 0 aliphatic carbocycles. The Balaban J connectivity index is 1.95. The Hall–Kier alpha value is -3.97. The zero-order chi connectivity index (χ0) is 24.2. The van der Waals surface area contributed by atoms with Crippen LogP contribution in [0.3, 0.4) is 0 Å². The topological polar surface area (TPSA) is 121 Å². The summed E-state index contributed by atoms with van der Waals surface area (Å²) < 4.78 is 30.6. The summed E-state index contributed by atoms with van der Waals surface area (Å²) in [6.45, 7) is 8.84. The van der Waals surface area contributed by atoms with E-state index in [9.17, 15) is 8.78 Å². The van der Waals surface area contributed by atoms with E-state index in [0.717, 1.165) is 6.34 Å². The molecule has 8 nitrogen and oxygen atoms in total. The molecule has 0 saturated carbocycles. The summed E-state index contributed by atoms with van der Waals surface area (Å²) in [5.74, 6) is 5.16. The summed E-state index contributed by atoms with van der Waals surface area (Å²) in [4.78, 5) is 6.07. The lowest BCUT2D eigenvalue weighted by atomic mass is 9.94. The molecule has 2 aromatic rings. The van der Waals surface area contributed by atoms with Gasteiger partial charge in [-0.15, -0.1) is 0 Å². The number of nitrogens with one attached hydrogen (secondary N) is 1. The Morgan fingerprint density at radius 2 is 2.06 bits per heavy atom. The standard InChI is InChI=1S/C23H26F2N8/c1-15(33-6-4-23(25,13-26)5-7-33)8-21(29-14-27)16(2)18-9-19(17-11-30-32(3)12-17)20(24)10-22(18)31-28/h8-12,14,31H,1-2,4-7,28H2,3H3,(H2,27,29)/b21-8-. The van der Waals surface area contributed by atoms with Gasteiger partial charge in [0.05, 0.1) is 23.9 Å². The van der Waals surface area contributed by atoms with E-state index in [-0.39, 0.29) is 12.8 Å². The number of benzene rings is 1. The van der Waals surface area contributed by atoms with Crippen molar-refractivity contribution in [3.63, 3.8) is 0 Å². The Kier molecular flexibility index (Phi) is 6.94. The number of rotatable bonds is 7. The molecular formula is C23H26F2N8. The van der Waals surface area contributed by atoms with Crippen molar-refractivity contribution in [2.75, 3.05) is 18.5 Å². The summed E-state index contributed by atoms with van der Waals surface area (Å²) in [5.41, 5.74) is 9.32. The van der Waals surface area contributed by atoms with Gasteiger partial charge < -0.3 is 16.1 Å². The van der Waals surface area contributed by atoms with Crippen LogP contribution in [0.2, 0.25) is 0 Å². The Labute approximate surface area is 191 Å². The molecule has 33 heavy (non-hydrogen) atoms. The van der Waals surface area contributed by atoms with Crippen LogP contribution in [0.15, 0.2) is 60.1 Å². The van der Waals surface area contributed by atoms with Crippen LogP contribution in [0.4, 0.5) is 14.5 Å². The number of alkyl halides is 1. The lowest BCUT2D eigenvalue weighted by molar-refractivity contribution is 0.125. The van der Waals surface area contributed by atoms with Crippen LogP contribution in [0.1, 0.15) is 18.4 Å². The van der Waals surface area contributed by atoms with Crippen LogP contribution in [-0.4, -0.2) is 39.8 Å². The average molecular weight is 453 g/mol. The summed E-state index contributed by atoms with van der Waals surface area (Å²) >= 11 is 0. The van der Waals surface area contributed by atoms with E-state index >= 15 is 0 Å². The molecule has 1 aromatic carbocycles. The smallest absolute Gasteiger partial charge is 0.199 e. The van der Waals surface area contributed by atoms with E-state index < -0.39 is 11.5 Å². The average Bonchev–Trinajstić information content (AvgIpc) is 3.24. The molecule has 0 spiro atoms. The highest BCUT2D eigenvalue weighted by Gasteiger charge is 2.34. The van der Waals surface area contributed by atoms with Gasteiger partial charge >= 0.3 is 0 Å². The number of allylic oxidation sites excluding steroid dienone is 2. The number of nitrogens with zero attached hydrogens (tertiary/aromatic N) is 5. The number of piperidine rings is 1. The number of hydrogen-bond acceptors (Lipinski definition) is 6. The zero-order valence-corrected chi connectivity index (χ0v) is 18.4. The van der Waals surface area contributed by atoms with Gasteiger partial charge in [-0.1, -0.05) is 13.2 Å². The highest BCUT2D eigenvalue weighted by Crippen LogP contribution is 2.35. The second-order valence-corrected chi connectivity index (χ2v) is 7.77. The molecule has 172 valence electrons. The van der Waals surface area contributed by atoms with E-state index in [1.165, 1.54) is 6.07 Å². The number of aliphatic imine (C=N–C) groups is 1. The molecule has 0 amide bonds. The van der Waals surface area contributed by atoms with Crippen molar-refractivity contribution in [3.05, 3.63) is 66.5 Å². The molecule has 1 aliphatic rings. The monoisotopic (exact) mass is 452 g/mol. The number of hydrazine groups is 1. The Morgan fingerprint density at radius 1 is 1.36 bits per heavy atom. The van der Waals surface area contributed by atoms with Crippen molar-refractivity contribution in [3.8, 4) is 17.2 Å². The molecule has 1 aromatic heterocycles. The SMILES string of the molecule is C=C(C(=C/C(=C)N1CCC(F)(C#N)CC1)/N=C\N)c1cc(-c2cnn(C)c2)c(F)cc1NN. The van der Waals surface area contributed by atoms with Gasteiger partial charge in [-0.2, -0.15) is 10.4 Å². The number of nitriles is 1. The number of hydrogen-bond donors (Lipinski definition) is 3. The predicted octanol–water partition coefficient (Wildman–Crippen LogP) is 3.24. The molecule has 0 radical (unpaired) electrons. The fourth-order valence-corrected chi connectivity index (χ4v) is 3.65. The molecule has 3 rings (SSSR count). The quantitative estimate of drug-likeness (QED) is 0.195. The first kappa shape index (κ1) is 23.7. The van der Waals surface area contributed by atoms with Crippen molar-refractivity contribution >= 4 is 17.6 Å². The van der Waals surface area contributed by atoms with Crippen molar-refractivity contribution in [1.82, 2.24) is 14.7 Å². The van der Waals surface area contributed by atoms with E-state index in [1.807, 2.05) is 4.90 Å². The first-order chi connectivity index (χ1) is 15.7. The van der Waals surface area contributed by atoms with Crippen LogP contribution < -0.4 is 17.0 Å². The maximum atomic E-state index is 14.8. The lowest BCUT2D eigenvalue weighted by Gasteiger charge is -2.34. The van der Waals surface area contributed by atoms with Gasteiger partial charge in [-0.3, -0.25) is 10.5 Å². The maximum Gasteiger partial charge on any atom is 0.199 e. The highest BCUT2D eigenvalue weighted by molar-refractivity contribution is 5.88. The molecule has 1 saturated heterocycles. The summed E-state index contributed by atoms with van der Waals surface area (Å²) in [6, 6.07) is 4.61. The van der Waals surface area contributed by atoms with Crippen molar-refractivity contribution in [2.45, 2.75) is 18.5 Å². The minimum absolute atomic E-state index is 0.0838. The highest BCUT2D eigenvalue weighted by atomic mass is 19.1. The third-order valence-electron chi connectivity index (χ3n) is 5.59. The largest absolute Gasteiger partial charge is 0.390 e. The van der Waals surface area contributed by atoms with Crippen LogP contribution in [0.25, 0.3) is 16.7 Å². The van der Waals surface area contributed by atoms with Crippen molar-refractivity contribution in [2.24, 2.45) is 23.6 Å². The molecule has 0 bridgehead atoms. The molecule has 1 fully saturated rings. The van der Waals surface area contributed by atoms with E-state index in [4.69, 9.17) is 16.8 Å². The predicted molar refractivity (Wildman–Crippen MR) is 126 cm³/mol. The molecule has 2 heterocycles. The van der Waals surface area contributed by atoms with E-state index in [0.29, 0.717) is 52.4 Å². The number of anilines is 1. The first-order valence-electron chi connectivity index (χ1n) is 10.2.